The number of nitrogen functional groups attached to an aromatic ring is 1. The molecule has 0 radical (unpaired) electrons. The number of hydrogen-bond donors (Lipinski definition) is 1. The third-order valence-electron chi connectivity index (χ3n) is 3.54. The molecule has 0 atom stereocenters. The number of esters is 2. The summed E-state index contributed by atoms with van der Waals surface area (Å²) >= 11 is 0.937. The summed E-state index contributed by atoms with van der Waals surface area (Å²) in [7, 11) is 0. The number of nitrogens with two attached hydrogens (primary N) is 1. The fourth-order valence-corrected chi connectivity index (χ4v) is 3.38. The molecule has 0 aliphatic rings. The van der Waals surface area contributed by atoms with E-state index in [1.807, 2.05) is 38.1 Å². The Bertz CT molecular complexity index is 878. The van der Waals surface area contributed by atoms with Gasteiger partial charge in [0, 0.05) is 5.56 Å². The number of nitriles is 1. The van der Waals surface area contributed by atoms with Crippen LogP contribution in [-0.4, -0.2) is 25.2 Å². The molecular formula is C19H20N2O5S. The van der Waals surface area contributed by atoms with Gasteiger partial charge in [-0.3, -0.25) is 0 Å². The van der Waals surface area contributed by atoms with Crippen LogP contribution in [0.1, 0.15) is 38.8 Å². The van der Waals surface area contributed by atoms with Gasteiger partial charge in [0.15, 0.2) is 6.61 Å². The van der Waals surface area contributed by atoms with Crippen LogP contribution in [0.4, 0.5) is 5.00 Å². The molecule has 142 valence electrons. The zero-order chi connectivity index (χ0) is 20.0. The molecule has 0 amide bonds. The number of carbonyl (C=O) groups is 2. The van der Waals surface area contributed by atoms with E-state index in [-0.39, 0.29) is 40.8 Å². The standard InChI is InChI=1S/C19H20N2O5S/c1-4-24-19(23)17-15(14(8-20)18(21)27-17)9-26-16(22)10-25-13-6-11(2)5-12(3)7-13/h5-7H,4,9-10,21H2,1-3H3. The van der Waals surface area contributed by atoms with Gasteiger partial charge in [0.25, 0.3) is 0 Å². The van der Waals surface area contributed by atoms with E-state index < -0.39 is 11.9 Å². The molecule has 0 saturated carbocycles. The first-order valence-corrected chi connectivity index (χ1v) is 9.02. The van der Waals surface area contributed by atoms with Gasteiger partial charge in [-0.15, -0.1) is 11.3 Å². The van der Waals surface area contributed by atoms with Crippen molar-refractivity contribution in [2.24, 2.45) is 0 Å². The number of hydrogen-bond acceptors (Lipinski definition) is 8. The van der Waals surface area contributed by atoms with Crippen molar-refractivity contribution in [3.05, 3.63) is 45.3 Å². The molecule has 2 N–H and O–H groups in total. The molecule has 0 bridgehead atoms. The van der Waals surface area contributed by atoms with Gasteiger partial charge in [-0.25, -0.2) is 9.59 Å². The topological polar surface area (TPSA) is 112 Å². The predicted molar refractivity (Wildman–Crippen MR) is 101 cm³/mol. The van der Waals surface area contributed by atoms with E-state index in [2.05, 4.69) is 0 Å². The Hall–Kier alpha value is -3.05. The van der Waals surface area contributed by atoms with Crippen molar-refractivity contribution >= 4 is 28.3 Å². The zero-order valence-corrected chi connectivity index (χ0v) is 16.1. The lowest BCUT2D eigenvalue weighted by atomic mass is 10.1. The van der Waals surface area contributed by atoms with Crippen LogP contribution < -0.4 is 10.5 Å². The smallest absolute Gasteiger partial charge is 0.348 e. The van der Waals surface area contributed by atoms with E-state index in [4.69, 9.17) is 19.9 Å². The Morgan fingerprint density at radius 1 is 1.19 bits per heavy atom. The lowest BCUT2D eigenvalue weighted by Crippen LogP contribution is -2.16. The maximum Gasteiger partial charge on any atom is 0.348 e. The molecule has 0 saturated heterocycles. The highest BCUT2D eigenvalue weighted by Crippen LogP contribution is 2.31. The second-order valence-corrected chi connectivity index (χ2v) is 6.81. The van der Waals surface area contributed by atoms with Crippen molar-refractivity contribution in [2.75, 3.05) is 18.9 Å². The van der Waals surface area contributed by atoms with E-state index in [1.165, 1.54) is 0 Å². The van der Waals surface area contributed by atoms with Gasteiger partial charge < -0.3 is 19.9 Å². The van der Waals surface area contributed by atoms with Crippen molar-refractivity contribution in [3.8, 4) is 11.8 Å². The van der Waals surface area contributed by atoms with E-state index in [0.717, 1.165) is 22.5 Å². The highest BCUT2D eigenvalue weighted by molar-refractivity contribution is 7.18. The summed E-state index contributed by atoms with van der Waals surface area (Å²) in [6.45, 7) is 5.16. The molecule has 1 aromatic carbocycles. The normalized spacial score (nSPS) is 10.1. The molecule has 7 nitrogen and oxygen atoms in total. The first-order chi connectivity index (χ1) is 12.8. The number of ether oxygens (including phenoxy) is 3. The average molecular weight is 388 g/mol. The number of carbonyl (C=O) groups excluding carboxylic acids is 2. The van der Waals surface area contributed by atoms with Crippen LogP contribution >= 0.6 is 11.3 Å². The lowest BCUT2D eigenvalue weighted by molar-refractivity contribution is -0.147. The second-order valence-electron chi connectivity index (χ2n) is 5.75. The maximum atomic E-state index is 12.0. The molecule has 0 fully saturated rings. The van der Waals surface area contributed by atoms with Crippen molar-refractivity contribution in [2.45, 2.75) is 27.4 Å². The Kier molecular flexibility index (Phi) is 6.79. The molecule has 1 heterocycles. The van der Waals surface area contributed by atoms with Crippen molar-refractivity contribution in [1.82, 2.24) is 0 Å². The molecule has 27 heavy (non-hydrogen) atoms. The van der Waals surface area contributed by atoms with Gasteiger partial charge in [0.1, 0.15) is 28.3 Å². The van der Waals surface area contributed by atoms with E-state index in [9.17, 15) is 14.9 Å². The highest BCUT2D eigenvalue weighted by Gasteiger charge is 2.24. The molecule has 0 aliphatic heterocycles. The summed E-state index contributed by atoms with van der Waals surface area (Å²) < 4.78 is 15.6. The third-order valence-corrected chi connectivity index (χ3v) is 4.58. The highest BCUT2D eigenvalue weighted by atomic mass is 32.1. The Labute approximate surface area is 161 Å². The summed E-state index contributed by atoms with van der Waals surface area (Å²) in [5.41, 5.74) is 8.18. The summed E-state index contributed by atoms with van der Waals surface area (Å²) in [5.74, 6) is -0.667. The average Bonchev–Trinajstić information content (AvgIpc) is 2.93. The fraction of sp³-hybridized carbons (Fsp3) is 0.316. The predicted octanol–water partition coefficient (Wildman–Crippen LogP) is 3.12. The van der Waals surface area contributed by atoms with Crippen LogP contribution in [0.15, 0.2) is 18.2 Å². The Morgan fingerprint density at radius 2 is 1.85 bits per heavy atom. The maximum absolute atomic E-state index is 12.0. The van der Waals surface area contributed by atoms with Crippen LogP contribution in [0.25, 0.3) is 0 Å². The molecule has 1 aromatic heterocycles. The minimum atomic E-state index is -0.627. The van der Waals surface area contributed by atoms with Gasteiger partial charge in [-0.2, -0.15) is 5.26 Å². The van der Waals surface area contributed by atoms with Crippen molar-refractivity contribution < 1.29 is 23.8 Å². The van der Waals surface area contributed by atoms with E-state index in [1.54, 1.807) is 6.92 Å². The van der Waals surface area contributed by atoms with Gasteiger partial charge in [0.05, 0.1) is 12.2 Å². The van der Waals surface area contributed by atoms with Crippen molar-refractivity contribution in [3.63, 3.8) is 0 Å². The largest absolute Gasteiger partial charge is 0.482 e. The number of anilines is 1. The third kappa shape index (κ3) is 5.21. The Balaban J connectivity index is 2.04. The number of aryl methyl sites for hydroxylation is 2. The van der Waals surface area contributed by atoms with Gasteiger partial charge in [0.2, 0.25) is 0 Å². The second kappa shape index (κ2) is 9.05. The van der Waals surface area contributed by atoms with E-state index >= 15 is 0 Å². The first-order valence-electron chi connectivity index (χ1n) is 8.20. The summed E-state index contributed by atoms with van der Waals surface area (Å²) in [6.07, 6.45) is 0. The number of thiophene rings is 1. The molecule has 2 aromatic rings. The Morgan fingerprint density at radius 3 is 2.44 bits per heavy atom. The van der Waals surface area contributed by atoms with Gasteiger partial charge in [-0.1, -0.05) is 6.07 Å². The van der Waals surface area contributed by atoms with E-state index in [0.29, 0.717) is 5.75 Å². The number of benzene rings is 1. The van der Waals surface area contributed by atoms with Crippen LogP contribution in [0.3, 0.4) is 0 Å². The molecule has 0 unspecified atom stereocenters. The van der Waals surface area contributed by atoms with Crippen LogP contribution in [0, 0.1) is 25.2 Å². The SMILES string of the molecule is CCOC(=O)c1sc(N)c(C#N)c1COC(=O)COc1cc(C)cc(C)c1. The minimum Gasteiger partial charge on any atom is -0.482 e. The monoisotopic (exact) mass is 388 g/mol. The summed E-state index contributed by atoms with van der Waals surface area (Å²) in [6, 6.07) is 7.55. The fourth-order valence-electron chi connectivity index (χ4n) is 2.46. The zero-order valence-electron chi connectivity index (χ0n) is 15.3. The number of rotatable bonds is 7. The minimum absolute atomic E-state index is 0.117. The molecule has 2 rings (SSSR count). The first kappa shape index (κ1) is 20.3. The molecular weight excluding hydrogens is 368 g/mol. The lowest BCUT2D eigenvalue weighted by Gasteiger charge is -2.09. The molecule has 0 spiro atoms. The van der Waals surface area contributed by atoms with Crippen molar-refractivity contribution in [1.29, 1.82) is 5.26 Å². The van der Waals surface area contributed by atoms with Crippen LogP contribution in [0.5, 0.6) is 5.75 Å². The molecule has 0 aliphatic carbocycles. The molecule has 8 heteroatoms. The van der Waals surface area contributed by atoms with Crippen LogP contribution in [-0.2, 0) is 20.9 Å². The van der Waals surface area contributed by atoms with Crippen LogP contribution in [0.2, 0.25) is 0 Å². The van der Waals surface area contributed by atoms with Gasteiger partial charge in [-0.05, 0) is 44.0 Å². The summed E-state index contributed by atoms with van der Waals surface area (Å²) in [4.78, 5) is 24.2. The number of nitrogens with zero attached hydrogens (tertiary/aromatic N) is 1. The quantitative estimate of drug-likeness (QED) is 0.725. The summed E-state index contributed by atoms with van der Waals surface area (Å²) in [5, 5.41) is 9.43. The van der Waals surface area contributed by atoms with Gasteiger partial charge >= 0.3 is 11.9 Å².